The third kappa shape index (κ3) is 4.14. The van der Waals surface area contributed by atoms with Gasteiger partial charge in [-0.25, -0.2) is 12.8 Å². The number of sulfone groups is 1. The molecule has 0 spiro atoms. The Bertz CT molecular complexity index is 1120. The predicted octanol–water partition coefficient (Wildman–Crippen LogP) is 3.57. The number of amides is 1. The minimum Gasteiger partial charge on any atom is -0.348 e. The number of rotatable bonds is 5. The van der Waals surface area contributed by atoms with Crippen molar-refractivity contribution in [3.8, 4) is 5.69 Å². The molecule has 0 saturated heterocycles. The van der Waals surface area contributed by atoms with Gasteiger partial charge < -0.3 is 9.88 Å². The summed E-state index contributed by atoms with van der Waals surface area (Å²) < 4.78 is 38.1. The van der Waals surface area contributed by atoms with Gasteiger partial charge in [0, 0.05) is 29.9 Å². The van der Waals surface area contributed by atoms with Crippen LogP contribution in [0, 0.1) is 19.7 Å². The first-order valence-corrected chi connectivity index (χ1v) is 10.6. The summed E-state index contributed by atoms with van der Waals surface area (Å²) in [5, 5.41) is 2.85. The zero-order valence-electron chi connectivity index (χ0n) is 15.9. The van der Waals surface area contributed by atoms with E-state index < -0.39 is 9.84 Å². The minimum absolute atomic E-state index is 0.228. The second-order valence-corrected chi connectivity index (χ2v) is 8.71. The molecule has 0 unspecified atom stereocenters. The van der Waals surface area contributed by atoms with E-state index >= 15 is 0 Å². The molecule has 0 saturated carbocycles. The summed E-state index contributed by atoms with van der Waals surface area (Å²) in [5.74, 6) is -0.542. The molecule has 0 atom stereocenters. The summed E-state index contributed by atoms with van der Waals surface area (Å²) in [4.78, 5) is 12.9. The van der Waals surface area contributed by atoms with Crippen molar-refractivity contribution < 1.29 is 17.6 Å². The molecular formula is C21H21FN2O3S. The van der Waals surface area contributed by atoms with Gasteiger partial charge in [-0.05, 0) is 61.9 Å². The van der Waals surface area contributed by atoms with Gasteiger partial charge in [0.2, 0.25) is 0 Å². The van der Waals surface area contributed by atoms with Crippen LogP contribution in [-0.4, -0.2) is 25.1 Å². The summed E-state index contributed by atoms with van der Waals surface area (Å²) in [7, 11) is -3.24. The molecular weight excluding hydrogens is 379 g/mol. The van der Waals surface area contributed by atoms with Crippen LogP contribution in [0.15, 0.2) is 59.5 Å². The van der Waals surface area contributed by atoms with Crippen molar-refractivity contribution in [2.24, 2.45) is 0 Å². The van der Waals surface area contributed by atoms with Crippen LogP contribution in [-0.2, 0) is 16.4 Å². The van der Waals surface area contributed by atoms with E-state index in [-0.39, 0.29) is 23.2 Å². The summed E-state index contributed by atoms with van der Waals surface area (Å²) in [6, 6.07) is 14.3. The van der Waals surface area contributed by atoms with E-state index in [9.17, 15) is 17.6 Å². The third-order valence-corrected chi connectivity index (χ3v) is 5.69. The Morgan fingerprint density at radius 1 is 1.04 bits per heavy atom. The molecule has 1 N–H and O–H groups in total. The van der Waals surface area contributed by atoms with Crippen LogP contribution >= 0.6 is 0 Å². The Kier molecular flexibility index (Phi) is 5.38. The summed E-state index contributed by atoms with van der Waals surface area (Å²) >= 11 is 0. The Morgan fingerprint density at radius 3 is 2.21 bits per heavy atom. The number of aryl methyl sites for hydroxylation is 1. The number of nitrogens with zero attached hydrogens (tertiary/aromatic N) is 1. The average molecular weight is 400 g/mol. The average Bonchev–Trinajstić information content (AvgIpc) is 2.94. The highest BCUT2D eigenvalue weighted by Gasteiger charge is 2.16. The Labute approximate surface area is 163 Å². The third-order valence-electron chi connectivity index (χ3n) is 4.57. The first-order chi connectivity index (χ1) is 13.2. The zero-order chi connectivity index (χ0) is 20.5. The molecule has 1 heterocycles. The molecule has 3 aromatic rings. The largest absolute Gasteiger partial charge is 0.348 e. The Morgan fingerprint density at radius 2 is 1.64 bits per heavy atom. The van der Waals surface area contributed by atoms with Crippen molar-refractivity contribution in [2.75, 3.05) is 6.26 Å². The number of hydrogen-bond acceptors (Lipinski definition) is 3. The smallest absolute Gasteiger partial charge is 0.253 e. The van der Waals surface area contributed by atoms with Gasteiger partial charge in [-0.2, -0.15) is 0 Å². The van der Waals surface area contributed by atoms with Crippen molar-refractivity contribution in [3.63, 3.8) is 0 Å². The van der Waals surface area contributed by atoms with E-state index in [0.29, 0.717) is 5.56 Å². The van der Waals surface area contributed by atoms with Gasteiger partial charge in [0.05, 0.1) is 10.5 Å². The predicted molar refractivity (Wildman–Crippen MR) is 106 cm³/mol. The highest BCUT2D eigenvalue weighted by atomic mass is 32.2. The number of carbonyl (C=O) groups is 1. The molecule has 0 aliphatic heterocycles. The lowest BCUT2D eigenvalue weighted by molar-refractivity contribution is 0.0950. The molecule has 0 bridgehead atoms. The van der Waals surface area contributed by atoms with Gasteiger partial charge in [0.15, 0.2) is 9.84 Å². The second kappa shape index (κ2) is 7.59. The SMILES string of the molecule is Cc1cc(C(=O)NCc2ccc(S(C)(=O)=O)cc2)c(C)n1-c1ccc(F)cc1. The summed E-state index contributed by atoms with van der Waals surface area (Å²) in [6.45, 7) is 4.01. The minimum atomic E-state index is -3.24. The van der Waals surface area contributed by atoms with Gasteiger partial charge in [-0.15, -0.1) is 0 Å². The van der Waals surface area contributed by atoms with Crippen LogP contribution in [0.3, 0.4) is 0 Å². The highest BCUT2D eigenvalue weighted by Crippen LogP contribution is 2.21. The molecule has 0 aliphatic carbocycles. The fraction of sp³-hybridized carbons (Fsp3) is 0.190. The maximum atomic E-state index is 13.2. The van der Waals surface area contributed by atoms with Crippen molar-refractivity contribution in [3.05, 3.63) is 82.9 Å². The van der Waals surface area contributed by atoms with Crippen molar-refractivity contribution >= 4 is 15.7 Å². The van der Waals surface area contributed by atoms with Crippen LogP contribution < -0.4 is 5.32 Å². The van der Waals surface area contributed by atoms with E-state index in [1.54, 1.807) is 30.3 Å². The summed E-state index contributed by atoms with van der Waals surface area (Å²) in [6.07, 6.45) is 1.15. The maximum absolute atomic E-state index is 13.2. The van der Waals surface area contributed by atoms with Crippen LogP contribution in [0.2, 0.25) is 0 Å². The molecule has 0 aliphatic rings. The van der Waals surface area contributed by atoms with Gasteiger partial charge in [-0.1, -0.05) is 12.1 Å². The van der Waals surface area contributed by atoms with E-state index in [0.717, 1.165) is 28.9 Å². The molecule has 0 fully saturated rings. The second-order valence-electron chi connectivity index (χ2n) is 6.70. The van der Waals surface area contributed by atoms with Crippen molar-refractivity contribution in [1.29, 1.82) is 0 Å². The molecule has 7 heteroatoms. The van der Waals surface area contributed by atoms with E-state index in [1.165, 1.54) is 24.3 Å². The quantitative estimate of drug-likeness (QED) is 0.712. The molecule has 5 nitrogen and oxygen atoms in total. The number of halogens is 1. The fourth-order valence-electron chi connectivity index (χ4n) is 3.11. The zero-order valence-corrected chi connectivity index (χ0v) is 16.7. The Hall–Kier alpha value is -2.93. The maximum Gasteiger partial charge on any atom is 0.253 e. The first-order valence-electron chi connectivity index (χ1n) is 8.69. The lowest BCUT2D eigenvalue weighted by atomic mass is 10.2. The molecule has 146 valence electrons. The highest BCUT2D eigenvalue weighted by molar-refractivity contribution is 7.90. The lowest BCUT2D eigenvalue weighted by Gasteiger charge is -2.10. The topological polar surface area (TPSA) is 68.2 Å². The standard InChI is InChI=1S/C21H21FN2O3S/c1-14-12-20(15(2)24(14)18-8-6-17(22)7-9-18)21(25)23-13-16-4-10-19(11-5-16)28(3,26)27/h4-12H,13H2,1-3H3,(H,23,25). The Balaban J connectivity index is 1.76. The van der Waals surface area contributed by atoms with Crippen LogP contribution in [0.5, 0.6) is 0 Å². The number of carbonyl (C=O) groups excluding carboxylic acids is 1. The van der Waals surface area contributed by atoms with Crippen LogP contribution in [0.4, 0.5) is 4.39 Å². The van der Waals surface area contributed by atoms with Gasteiger partial charge in [0.25, 0.3) is 5.91 Å². The molecule has 28 heavy (non-hydrogen) atoms. The van der Waals surface area contributed by atoms with Gasteiger partial charge in [0.1, 0.15) is 5.82 Å². The summed E-state index contributed by atoms with van der Waals surface area (Å²) in [5.41, 5.74) is 3.75. The van der Waals surface area contributed by atoms with E-state index in [1.807, 2.05) is 18.4 Å². The first kappa shape index (κ1) is 19.8. The molecule has 1 amide bonds. The normalized spacial score (nSPS) is 11.4. The van der Waals surface area contributed by atoms with Crippen molar-refractivity contribution in [2.45, 2.75) is 25.3 Å². The lowest BCUT2D eigenvalue weighted by Crippen LogP contribution is -2.23. The van der Waals surface area contributed by atoms with E-state index in [2.05, 4.69) is 5.32 Å². The fourth-order valence-corrected chi connectivity index (χ4v) is 3.74. The molecule has 2 aromatic carbocycles. The number of hydrogen-bond donors (Lipinski definition) is 1. The number of aromatic nitrogens is 1. The van der Waals surface area contributed by atoms with Crippen LogP contribution in [0.25, 0.3) is 5.69 Å². The van der Waals surface area contributed by atoms with E-state index in [4.69, 9.17) is 0 Å². The molecule has 3 rings (SSSR count). The monoisotopic (exact) mass is 400 g/mol. The van der Waals surface area contributed by atoms with Crippen LogP contribution in [0.1, 0.15) is 27.3 Å². The van der Waals surface area contributed by atoms with Gasteiger partial charge in [-0.3, -0.25) is 4.79 Å². The van der Waals surface area contributed by atoms with Gasteiger partial charge >= 0.3 is 0 Å². The number of benzene rings is 2. The van der Waals surface area contributed by atoms with Crippen molar-refractivity contribution in [1.82, 2.24) is 9.88 Å². The molecule has 0 radical (unpaired) electrons. The molecule has 1 aromatic heterocycles. The number of nitrogens with one attached hydrogen (secondary N) is 1.